The number of alkyl halides is 1. The van der Waals surface area contributed by atoms with Crippen molar-refractivity contribution in [1.29, 1.82) is 0 Å². The summed E-state index contributed by atoms with van der Waals surface area (Å²) in [7, 11) is -0.258. The van der Waals surface area contributed by atoms with Gasteiger partial charge in [0.2, 0.25) is 0 Å². The molecular weight excluding hydrogens is 583 g/mol. The number of benzene rings is 3. The highest BCUT2D eigenvalue weighted by molar-refractivity contribution is 14.1. The number of rotatable bonds is 9. The molecule has 0 amide bonds. The Kier molecular flexibility index (Phi) is 9.87. The lowest BCUT2D eigenvalue weighted by Crippen LogP contribution is -2.34. The average molecular weight is 616 g/mol. The van der Waals surface area contributed by atoms with Crippen LogP contribution in [0.2, 0.25) is 0 Å². The van der Waals surface area contributed by atoms with E-state index in [9.17, 15) is 9.59 Å². The van der Waals surface area contributed by atoms with E-state index in [0.29, 0.717) is 5.75 Å². The van der Waals surface area contributed by atoms with Crippen LogP contribution in [0.5, 0.6) is 5.75 Å². The Bertz CT molecular complexity index is 1070. The van der Waals surface area contributed by atoms with Crippen LogP contribution in [-0.4, -0.2) is 22.0 Å². The predicted molar refractivity (Wildman–Crippen MR) is 152 cm³/mol. The maximum atomic E-state index is 12.9. The first-order valence-electron chi connectivity index (χ1n) is 12.5. The van der Waals surface area contributed by atoms with Crippen molar-refractivity contribution in [3.8, 4) is 5.75 Å². The minimum atomic E-state index is -0.427. The lowest BCUT2D eigenvalue weighted by molar-refractivity contribution is -0.154. The van der Waals surface area contributed by atoms with E-state index < -0.39 is 6.10 Å². The molecule has 6 heteroatoms. The SMILES string of the molecule is CC(I)C(=O)OC(CC(=O)Oc1ccc([S+](c2ccccc2)c2ccccc2)cc1)C1CCCCC1. The van der Waals surface area contributed by atoms with Crippen molar-refractivity contribution in [2.45, 2.75) is 70.2 Å². The second-order valence-corrected chi connectivity index (χ2v) is 13.0. The monoisotopic (exact) mass is 615 g/mol. The zero-order valence-electron chi connectivity index (χ0n) is 20.5. The van der Waals surface area contributed by atoms with Gasteiger partial charge in [-0.15, -0.1) is 0 Å². The number of esters is 2. The van der Waals surface area contributed by atoms with Gasteiger partial charge in [0.15, 0.2) is 14.7 Å². The Labute approximate surface area is 230 Å². The van der Waals surface area contributed by atoms with Crippen molar-refractivity contribution in [1.82, 2.24) is 0 Å². The van der Waals surface area contributed by atoms with E-state index in [1.807, 2.05) is 36.4 Å². The Hall–Kier alpha value is -2.32. The Morgan fingerprint density at radius 1 is 0.833 bits per heavy atom. The molecule has 1 aliphatic carbocycles. The summed E-state index contributed by atoms with van der Waals surface area (Å²) < 4.78 is 11.2. The molecule has 3 aromatic rings. The van der Waals surface area contributed by atoms with E-state index in [1.54, 1.807) is 6.92 Å². The zero-order valence-corrected chi connectivity index (χ0v) is 23.5. The molecule has 0 bridgehead atoms. The van der Waals surface area contributed by atoms with Gasteiger partial charge in [0.25, 0.3) is 0 Å². The first-order valence-corrected chi connectivity index (χ1v) is 15.0. The van der Waals surface area contributed by atoms with Crippen LogP contribution in [0.25, 0.3) is 0 Å². The van der Waals surface area contributed by atoms with Gasteiger partial charge in [-0.25, -0.2) is 0 Å². The summed E-state index contributed by atoms with van der Waals surface area (Å²) in [6, 6.07) is 28.6. The third-order valence-corrected chi connectivity index (χ3v) is 9.12. The fourth-order valence-corrected chi connectivity index (χ4v) is 6.79. The van der Waals surface area contributed by atoms with Gasteiger partial charge in [-0.1, -0.05) is 78.3 Å². The first kappa shape index (κ1) is 26.7. The van der Waals surface area contributed by atoms with Gasteiger partial charge >= 0.3 is 11.9 Å². The number of halogens is 1. The molecule has 3 aromatic carbocycles. The number of hydrogen-bond acceptors (Lipinski definition) is 4. The van der Waals surface area contributed by atoms with Gasteiger partial charge in [-0.2, -0.15) is 0 Å². The van der Waals surface area contributed by atoms with Crippen molar-refractivity contribution in [3.05, 3.63) is 84.9 Å². The van der Waals surface area contributed by atoms with E-state index in [1.165, 1.54) is 16.2 Å². The highest BCUT2D eigenvalue weighted by atomic mass is 127. The van der Waals surface area contributed by atoms with Gasteiger partial charge in [0.05, 0.1) is 17.3 Å². The van der Waals surface area contributed by atoms with Crippen LogP contribution >= 0.6 is 22.6 Å². The van der Waals surface area contributed by atoms with Gasteiger partial charge in [0.1, 0.15) is 15.8 Å². The first-order chi connectivity index (χ1) is 17.5. The van der Waals surface area contributed by atoms with Crippen LogP contribution in [0, 0.1) is 5.92 Å². The van der Waals surface area contributed by atoms with Crippen LogP contribution in [0.3, 0.4) is 0 Å². The summed E-state index contributed by atoms with van der Waals surface area (Å²) >= 11 is 2.05. The maximum absolute atomic E-state index is 12.9. The molecule has 2 unspecified atom stereocenters. The summed E-state index contributed by atoms with van der Waals surface area (Å²) in [5.41, 5.74) is 0. The van der Waals surface area contributed by atoms with E-state index >= 15 is 0 Å². The van der Waals surface area contributed by atoms with Crippen molar-refractivity contribution in [2.75, 3.05) is 0 Å². The molecule has 188 valence electrons. The molecule has 0 aliphatic heterocycles. The second-order valence-electron chi connectivity index (χ2n) is 9.07. The smallest absolute Gasteiger partial charge is 0.318 e. The molecule has 36 heavy (non-hydrogen) atoms. The summed E-state index contributed by atoms with van der Waals surface area (Å²) in [6.07, 6.45) is 5.04. The average Bonchev–Trinajstić information content (AvgIpc) is 2.91. The highest BCUT2D eigenvalue weighted by Crippen LogP contribution is 2.33. The molecular formula is C30H32IO4S+. The van der Waals surface area contributed by atoms with E-state index in [0.717, 1.165) is 30.6 Å². The molecule has 0 saturated heterocycles. The minimum absolute atomic E-state index is 0.0833. The molecule has 0 radical (unpaired) electrons. The molecule has 0 spiro atoms. The topological polar surface area (TPSA) is 52.6 Å². The molecule has 0 heterocycles. The number of hydrogen-bond donors (Lipinski definition) is 0. The van der Waals surface area contributed by atoms with Gasteiger partial charge < -0.3 is 9.47 Å². The van der Waals surface area contributed by atoms with E-state index in [2.05, 4.69) is 71.1 Å². The molecule has 1 saturated carbocycles. The standard InChI is InChI=1S/C30H32IO4S/c1-22(31)30(33)35-28(23-11-5-2-6-12-23)21-29(32)34-24-17-19-27(20-18-24)36(25-13-7-3-8-14-25)26-15-9-4-10-16-26/h3-4,7-10,13-20,22-23,28H,2,5-6,11-12,21H2,1H3/q+1. The molecule has 0 N–H and O–H groups in total. The van der Waals surface area contributed by atoms with Crippen molar-refractivity contribution >= 4 is 45.4 Å². The second kappa shape index (κ2) is 13.3. The minimum Gasteiger partial charge on any atom is -0.461 e. The third kappa shape index (κ3) is 7.35. The van der Waals surface area contributed by atoms with Crippen LogP contribution in [-0.2, 0) is 25.2 Å². The highest BCUT2D eigenvalue weighted by Gasteiger charge is 2.31. The largest absolute Gasteiger partial charge is 0.461 e. The van der Waals surface area contributed by atoms with Crippen molar-refractivity contribution in [2.24, 2.45) is 5.92 Å². The van der Waals surface area contributed by atoms with Crippen LogP contribution in [0.15, 0.2) is 99.6 Å². The van der Waals surface area contributed by atoms with E-state index in [-0.39, 0.29) is 39.1 Å². The summed E-state index contributed by atoms with van der Waals surface area (Å²) in [5.74, 6) is 0.0884. The molecule has 2 atom stereocenters. The maximum Gasteiger partial charge on any atom is 0.318 e. The summed E-state index contributed by atoms with van der Waals surface area (Å²) in [5, 5.41) is 0. The fourth-order valence-electron chi connectivity index (χ4n) is 4.56. The Morgan fingerprint density at radius 3 is 1.89 bits per heavy atom. The van der Waals surface area contributed by atoms with Crippen LogP contribution < -0.4 is 4.74 Å². The Morgan fingerprint density at radius 2 is 1.36 bits per heavy atom. The van der Waals surface area contributed by atoms with Crippen LogP contribution in [0.1, 0.15) is 45.4 Å². The fraction of sp³-hybridized carbons (Fsp3) is 0.333. The van der Waals surface area contributed by atoms with Gasteiger partial charge in [0, 0.05) is 0 Å². The molecule has 1 fully saturated rings. The molecule has 0 aromatic heterocycles. The lowest BCUT2D eigenvalue weighted by atomic mass is 9.84. The molecule has 4 nitrogen and oxygen atoms in total. The lowest BCUT2D eigenvalue weighted by Gasteiger charge is -2.29. The van der Waals surface area contributed by atoms with Crippen molar-refractivity contribution in [3.63, 3.8) is 0 Å². The van der Waals surface area contributed by atoms with E-state index in [4.69, 9.17) is 9.47 Å². The predicted octanol–water partition coefficient (Wildman–Crippen LogP) is 7.39. The summed E-state index contributed by atoms with van der Waals surface area (Å²) in [4.78, 5) is 28.8. The molecule has 4 rings (SSSR count). The number of ether oxygens (including phenoxy) is 2. The van der Waals surface area contributed by atoms with Gasteiger partial charge in [-0.3, -0.25) is 9.59 Å². The quantitative estimate of drug-likeness (QED) is 0.0829. The Balaban J connectivity index is 1.46. The number of carbonyl (C=O) groups is 2. The zero-order chi connectivity index (χ0) is 25.3. The number of carbonyl (C=O) groups excluding carboxylic acids is 2. The normalized spacial score (nSPS) is 15.8. The van der Waals surface area contributed by atoms with Crippen LogP contribution in [0.4, 0.5) is 0 Å². The van der Waals surface area contributed by atoms with Gasteiger partial charge in [-0.05, 0) is 74.2 Å². The third-order valence-electron chi connectivity index (χ3n) is 6.38. The summed E-state index contributed by atoms with van der Waals surface area (Å²) in [6.45, 7) is 1.81. The molecule has 1 aliphatic rings. The van der Waals surface area contributed by atoms with Crippen molar-refractivity contribution < 1.29 is 19.1 Å².